The number of carbonyl (C=O) groups excluding carboxylic acids is 1. The minimum absolute atomic E-state index is 0.0843. The van der Waals surface area contributed by atoms with E-state index in [1.807, 2.05) is 18.2 Å². The lowest BCUT2D eigenvalue weighted by Gasteiger charge is -2.29. The van der Waals surface area contributed by atoms with E-state index in [-0.39, 0.29) is 10.7 Å². The lowest BCUT2D eigenvalue weighted by atomic mass is 9.81. The molecule has 7 nitrogen and oxygen atoms in total. The van der Waals surface area contributed by atoms with Gasteiger partial charge in [0.25, 0.3) is 5.91 Å². The molecule has 1 saturated heterocycles. The number of rotatable bonds is 6. The Morgan fingerprint density at radius 1 is 0.917 bits per heavy atom. The highest BCUT2D eigenvalue weighted by Crippen LogP contribution is 2.39. The largest absolute Gasteiger partial charge is 0.534 e. The molecule has 3 aromatic rings. The van der Waals surface area contributed by atoms with Gasteiger partial charge in [0.2, 0.25) is 0 Å². The molecule has 0 aliphatic carbocycles. The second-order valence-electron chi connectivity index (χ2n) is 7.87. The Labute approximate surface area is 210 Å². The molecule has 1 aliphatic rings. The van der Waals surface area contributed by atoms with Crippen molar-refractivity contribution in [2.75, 3.05) is 14.2 Å². The van der Waals surface area contributed by atoms with Gasteiger partial charge in [0.05, 0.1) is 7.11 Å². The van der Waals surface area contributed by atoms with Crippen LogP contribution in [0.2, 0.25) is 0 Å². The van der Waals surface area contributed by atoms with Crippen LogP contribution in [0.4, 0.5) is 13.2 Å². The number of hydrogen-bond acceptors (Lipinski definition) is 6. The SMILES string of the molecule is COc1cccc(-c2cccc(C3(c4cccc(OS(=O)(=O)C(F)(F)F)c4)NC(=S)N(C)C3=O)c2)c1. The molecule has 1 atom stereocenters. The van der Waals surface area contributed by atoms with E-state index in [4.69, 9.17) is 17.0 Å². The molecule has 0 radical (unpaired) electrons. The van der Waals surface area contributed by atoms with Crippen LogP contribution in [0.25, 0.3) is 11.1 Å². The predicted molar refractivity (Wildman–Crippen MR) is 130 cm³/mol. The predicted octanol–water partition coefficient (Wildman–Crippen LogP) is 4.18. The first kappa shape index (κ1) is 25.5. The molecule has 0 aromatic heterocycles. The lowest BCUT2D eigenvalue weighted by Crippen LogP contribution is -2.45. The molecule has 0 bridgehead atoms. The lowest BCUT2D eigenvalue weighted by molar-refractivity contribution is -0.129. The molecule has 1 N–H and O–H groups in total. The third-order valence-electron chi connectivity index (χ3n) is 5.68. The molecular weight excluding hydrogens is 517 g/mol. The molecule has 1 fully saturated rings. The van der Waals surface area contributed by atoms with Crippen LogP contribution in [0.15, 0.2) is 72.8 Å². The Hall–Kier alpha value is -3.64. The molecule has 4 rings (SSSR count). The highest BCUT2D eigenvalue weighted by Gasteiger charge is 2.52. The first-order valence-electron chi connectivity index (χ1n) is 10.4. The summed E-state index contributed by atoms with van der Waals surface area (Å²) in [5.74, 6) is -0.492. The topological polar surface area (TPSA) is 84.9 Å². The van der Waals surface area contributed by atoms with Crippen molar-refractivity contribution < 1.29 is 35.3 Å². The van der Waals surface area contributed by atoms with Gasteiger partial charge < -0.3 is 14.2 Å². The van der Waals surface area contributed by atoms with E-state index in [0.717, 1.165) is 23.3 Å². The first-order valence-corrected chi connectivity index (χ1v) is 12.2. The summed E-state index contributed by atoms with van der Waals surface area (Å²) < 4.78 is 71.3. The molecule has 36 heavy (non-hydrogen) atoms. The Balaban J connectivity index is 1.87. The molecule has 3 aromatic carbocycles. The molecule has 0 spiro atoms. The van der Waals surface area contributed by atoms with Crippen molar-refractivity contribution in [3.8, 4) is 22.6 Å². The summed E-state index contributed by atoms with van der Waals surface area (Å²) in [7, 11) is -2.92. The number of methoxy groups -OCH3 is 1. The van der Waals surface area contributed by atoms with E-state index in [9.17, 15) is 26.4 Å². The summed E-state index contributed by atoms with van der Waals surface area (Å²) in [4.78, 5) is 14.8. The Bertz CT molecular complexity index is 1460. The van der Waals surface area contributed by atoms with Gasteiger partial charge in [0.15, 0.2) is 10.7 Å². The van der Waals surface area contributed by atoms with E-state index < -0.39 is 32.8 Å². The van der Waals surface area contributed by atoms with Gasteiger partial charge in [-0.05, 0) is 64.8 Å². The van der Waals surface area contributed by atoms with Crippen molar-refractivity contribution >= 4 is 33.4 Å². The van der Waals surface area contributed by atoms with Gasteiger partial charge in [0.1, 0.15) is 11.5 Å². The zero-order valence-corrected chi connectivity index (χ0v) is 20.5. The number of likely N-dealkylation sites (N-methyl/N-ethyl adjacent to an activating group) is 1. The van der Waals surface area contributed by atoms with Gasteiger partial charge in [-0.2, -0.15) is 21.6 Å². The highest BCUT2D eigenvalue weighted by atomic mass is 32.2. The van der Waals surface area contributed by atoms with Crippen LogP contribution < -0.4 is 14.2 Å². The monoisotopic (exact) mass is 536 g/mol. The highest BCUT2D eigenvalue weighted by molar-refractivity contribution is 7.88. The van der Waals surface area contributed by atoms with Crippen LogP contribution in [0.5, 0.6) is 11.5 Å². The average molecular weight is 537 g/mol. The Morgan fingerprint density at radius 3 is 2.06 bits per heavy atom. The van der Waals surface area contributed by atoms with Crippen molar-refractivity contribution in [3.05, 3.63) is 83.9 Å². The van der Waals surface area contributed by atoms with E-state index in [1.165, 1.54) is 31.2 Å². The van der Waals surface area contributed by atoms with Gasteiger partial charge in [-0.15, -0.1) is 0 Å². The third-order valence-corrected chi connectivity index (χ3v) is 7.03. The van der Waals surface area contributed by atoms with Crippen LogP contribution in [0, 0.1) is 0 Å². The van der Waals surface area contributed by atoms with Crippen LogP contribution in [0.3, 0.4) is 0 Å². The number of carbonyl (C=O) groups is 1. The van der Waals surface area contributed by atoms with Gasteiger partial charge in [-0.25, -0.2) is 0 Å². The van der Waals surface area contributed by atoms with Crippen LogP contribution >= 0.6 is 12.2 Å². The van der Waals surface area contributed by atoms with E-state index in [1.54, 1.807) is 30.3 Å². The van der Waals surface area contributed by atoms with Gasteiger partial charge >= 0.3 is 15.6 Å². The molecular formula is C24H19F3N2O5S2. The molecule has 0 saturated carbocycles. The summed E-state index contributed by atoms with van der Waals surface area (Å²) in [5.41, 5.74) is -5.18. The minimum atomic E-state index is -5.91. The third kappa shape index (κ3) is 4.37. The number of halogens is 3. The fraction of sp³-hybridized carbons (Fsp3) is 0.167. The maximum atomic E-state index is 13.6. The molecule has 1 unspecified atom stereocenters. The number of thiocarbonyl (C=S) groups is 1. The Morgan fingerprint density at radius 2 is 1.47 bits per heavy atom. The zero-order valence-electron chi connectivity index (χ0n) is 18.9. The fourth-order valence-corrected chi connectivity index (χ4v) is 4.58. The number of nitrogens with zero attached hydrogens (tertiary/aromatic N) is 1. The number of alkyl halides is 3. The van der Waals surface area contributed by atoms with Gasteiger partial charge in [0, 0.05) is 7.05 Å². The summed E-state index contributed by atoms with van der Waals surface area (Å²) in [6.07, 6.45) is 0. The second kappa shape index (κ2) is 9.10. The molecule has 1 amide bonds. The van der Waals surface area contributed by atoms with Crippen molar-refractivity contribution in [2.24, 2.45) is 0 Å². The number of benzene rings is 3. The summed E-state index contributed by atoms with van der Waals surface area (Å²) >= 11 is 5.30. The molecule has 1 heterocycles. The average Bonchev–Trinajstić information content (AvgIpc) is 3.08. The van der Waals surface area contributed by atoms with E-state index >= 15 is 0 Å². The quantitative estimate of drug-likeness (QED) is 0.288. The van der Waals surface area contributed by atoms with Crippen molar-refractivity contribution in [1.29, 1.82) is 0 Å². The number of amides is 1. The normalized spacial score (nSPS) is 18.2. The first-order chi connectivity index (χ1) is 16.9. The van der Waals surface area contributed by atoms with Crippen molar-refractivity contribution in [2.45, 2.75) is 11.0 Å². The molecule has 188 valence electrons. The summed E-state index contributed by atoms with van der Waals surface area (Å²) in [5, 5.41) is 3.06. The summed E-state index contributed by atoms with van der Waals surface area (Å²) in [6.45, 7) is 0. The second-order valence-corrected chi connectivity index (χ2v) is 9.79. The minimum Gasteiger partial charge on any atom is -0.497 e. The van der Waals surface area contributed by atoms with E-state index in [2.05, 4.69) is 9.50 Å². The molecule has 12 heteroatoms. The smallest absolute Gasteiger partial charge is 0.497 e. The van der Waals surface area contributed by atoms with Crippen molar-refractivity contribution in [3.63, 3.8) is 0 Å². The van der Waals surface area contributed by atoms with E-state index in [0.29, 0.717) is 11.3 Å². The maximum Gasteiger partial charge on any atom is 0.534 e. The van der Waals surface area contributed by atoms with Crippen LogP contribution in [0.1, 0.15) is 11.1 Å². The number of nitrogens with one attached hydrogen (secondary N) is 1. The summed E-state index contributed by atoms with van der Waals surface area (Å²) in [6, 6.07) is 19.1. The van der Waals surface area contributed by atoms with Crippen molar-refractivity contribution in [1.82, 2.24) is 10.2 Å². The van der Waals surface area contributed by atoms with Crippen LogP contribution in [-0.2, 0) is 20.5 Å². The zero-order chi connectivity index (χ0) is 26.3. The number of hydrogen-bond donors (Lipinski definition) is 1. The Kier molecular flexibility index (Phi) is 6.43. The maximum absolute atomic E-state index is 13.6. The standard InChI is InChI=1S/C24H19F3N2O5S2/c1-29-21(30)23(28-22(29)35,18-9-5-11-20(14-18)34-36(31,32)24(25,26)27)17-8-3-6-15(12-17)16-7-4-10-19(13-16)33-2/h3-14H,1-2H3,(H,28,35). The number of ether oxygens (including phenoxy) is 1. The van der Waals surface area contributed by atoms with Gasteiger partial charge in [-0.1, -0.05) is 42.5 Å². The van der Waals surface area contributed by atoms with Crippen LogP contribution in [-0.4, -0.2) is 44.0 Å². The van der Waals surface area contributed by atoms with Gasteiger partial charge in [-0.3, -0.25) is 9.69 Å². The molecule has 1 aliphatic heterocycles. The fourth-order valence-electron chi connectivity index (χ4n) is 3.89.